The van der Waals surface area contributed by atoms with E-state index in [-0.39, 0.29) is 11.8 Å². The molecule has 1 aromatic carbocycles. The van der Waals surface area contributed by atoms with Crippen LogP contribution in [0.2, 0.25) is 0 Å². The van der Waals surface area contributed by atoms with Gasteiger partial charge in [0.15, 0.2) is 9.84 Å². The topological polar surface area (TPSA) is 49.4 Å². The second-order valence-electron chi connectivity index (χ2n) is 4.57. The molecule has 0 fully saturated rings. The Labute approximate surface area is 103 Å². The standard InChI is InChI=1S/C12H18N2O2S/c1-9-4-5-12-11(6-9)14(3)10(7-13-2)8-17(12,15)16/h4-6,10,13H,7-8H2,1-3H3. The first-order valence-corrected chi connectivity index (χ1v) is 7.32. The summed E-state index contributed by atoms with van der Waals surface area (Å²) in [4.78, 5) is 2.51. The minimum atomic E-state index is -3.14. The SMILES string of the molecule is CNCC1CS(=O)(=O)c2ccc(C)cc2N1C. The zero-order valence-corrected chi connectivity index (χ0v) is 11.2. The number of likely N-dealkylation sites (N-methyl/N-ethyl adjacent to an activating group) is 2. The van der Waals surface area contributed by atoms with Gasteiger partial charge < -0.3 is 10.2 Å². The van der Waals surface area contributed by atoms with E-state index in [1.54, 1.807) is 6.07 Å². The molecule has 1 aromatic rings. The lowest BCUT2D eigenvalue weighted by Gasteiger charge is -2.35. The fourth-order valence-corrected chi connectivity index (χ4v) is 4.07. The van der Waals surface area contributed by atoms with Gasteiger partial charge in [-0.15, -0.1) is 0 Å². The van der Waals surface area contributed by atoms with E-state index >= 15 is 0 Å². The number of anilines is 1. The number of nitrogens with one attached hydrogen (secondary N) is 1. The normalized spacial score (nSPS) is 22.3. The summed E-state index contributed by atoms with van der Waals surface area (Å²) >= 11 is 0. The van der Waals surface area contributed by atoms with E-state index in [4.69, 9.17) is 0 Å². The average molecular weight is 254 g/mol. The van der Waals surface area contributed by atoms with Gasteiger partial charge in [0, 0.05) is 13.6 Å². The molecule has 1 unspecified atom stereocenters. The van der Waals surface area contributed by atoms with Crippen molar-refractivity contribution in [2.24, 2.45) is 0 Å². The monoisotopic (exact) mass is 254 g/mol. The van der Waals surface area contributed by atoms with Crippen molar-refractivity contribution in [1.82, 2.24) is 5.32 Å². The molecule has 0 aliphatic carbocycles. The molecule has 0 saturated heterocycles. The first-order chi connectivity index (χ1) is 7.95. The van der Waals surface area contributed by atoms with Crippen molar-refractivity contribution >= 4 is 15.5 Å². The predicted octanol–water partition coefficient (Wildman–Crippen LogP) is 0.807. The fourth-order valence-electron chi connectivity index (χ4n) is 2.25. The molecular weight excluding hydrogens is 236 g/mol. The number of aryl methyl sites for hydroxylation is 1. The summed E-state index contributed by atoms with van der Waals surface area (Å²) in [6.45, 7) is 2.64. The third-order valence-electron chi connectivity index (χ3n) is 3.23. The fraction of sp³-hybridized carbons (Fsp3) is 0.500. The van der Waals surface area contributed by atoms with Crippen LogP contribution in [-0.4, -0.2) is 40.9 Å². The molecule has 1 N–H and O–H groups in total. The molecule has 1 aliphatic rings. The van der Waals surface area contributed by atoms with E-state index < -0.39 is 9.84 Å². The van der Waals surface area contributed by atoms with Crippen LogP contribution in [-0.2, 0) is 9.84 Å². The lowest BCUT2D eigenvalue weighted by molar-refractivity contribution is 0.561. The van der Waals surface area contributed by atoms with E-state index in [9.17, 15) is 8.42 Å². The highest BCUT2D eigenvalue weighted by Crippen LogP contribution is 2.32. The van der Waals surface area contributed by atoms with E-state index in [0.717, 1.165) is 11.3 Å². The first kappa shape index (κ1) is 12.4. The van der Waals surface area contributed by atoms with Crippen molar-refractivity contribution in [1.29, 1.82) is 0 Å². The number of fused-ring (bicyclic) bond motifs is 1. The maximum atomic E-state index is 12.2. The molecule has 0 spiro atoms. The second kappa shape index (κ2) is 4.31. The Morgan fingerprint density at radius 1 is 1.47 bits per heavy atom. The average Bonchev–Trinajstić information content (AvgIpc) is 2.25. The molecule has 0 radical (unpaired) electrons. The molecule has 0 bridgehead atoms. The summed E-state index contributed by atoms with van der Waals surface area (Å²) in [5, 5.41) is 3.04. The third-order valence-corrected chi connectivity index (χ3v) is 5.07. The zero-order valence-electron chi connectivity index (χ0n) is 10.4. The summed E-state index contributed by atoms with van der Waals surface area (Å²) in [6, 6.07) is 5.50. The molecule has 0 saturated carbocycles. The van der Waals surface area contributed by atoms with Crippen LogP contribution < -0.4 is 10.2 Å². The van der Waals surface area contributed by atoms with E-state index in [1.165, 1.54) is 0 Å². The molecule has 1 heterocycles. The van der Waals surface area contributed by atoms with Crippen molar-refractivity contribution < 1.29 is 8.42 Å². The molecular formula is C12H18N2O2S. The number of hydrogen-bond acceptors (Lipinski definition) is 4. The summed E-state index contributed by atoms with van der Waals surface area (Å²) in [7, 11) is 0.648. The number of sulfone groups is 1. The van der Waals surface area contributed by atoms with Crippen LogP contribution in [0.5, 0.6) is 0 Å². The smallest absolute Gasteiger partial charge is 0.182 e. The minimum absolute atomic E-state index is 0.000648. The minimum Gasteiger partial charge on any atom is -0.368 e. The molecule has 2 rings (SSSR count). The Kier molecular flexibility index (Phi) is 3.14. The van der Waals surface area contributed by atoms with Crippen LogP contribution >= 0.6 is 0 Å². The summed E-state index contributed by atoms with van der Waals surface area (Å²) in [5.41, 5.74) is 1.90. The van der Waals surface area contributed by atoms with E-state index in [2.05, 4.69) is 10.2 Å². The van der Waals surface area contributed by atoms with Crippen molar-refractivity contribution in [3.63, 3.8) is 0 Å². The maximum Gasteiger partial charge on any atom is 0.182 e. The van der Waals surface area contributed by atoms with Crippen molar-refractivity contribution in [3.05, 3.63) is 23.8 Å². The Balaban J connectivity index is 2.53. The van der Waals surface area contributed by atoms with Crippen molar-refractivity contribution in [3.8, 4) is 0 Å². The van der Waals surface area contributed by atoms with Crippen LogP contribution in [0.3, 0.4) is 0 Å². The van der Waals surface area contributed by atoms with E-state index in [0.29, 0.717) is 11.4 Å². The number of hydrogen-bond donors (Lipinski definition) is 1. The van der Waals surface area contributed by atoms with Gasteiger partial charge in [-0.2, -0.15) is 0 Å². The van der Waals surface area contributed by atoms with Crippen molar-refractivity contribution in [2.75, 3.05) is 31.3 Å². The lowest BCUT2D eigenvalue weighted by atomic mass is 10.1. The molecule has 5 heteroatoms. The van der Waals surface area contributed by atoms with Gasteiger partial charge in [-0.05, 0) is 31.7 Å². The third kappa shape index (κ3) is 2.17. The largest absolute Gasteiger partial charge is 0.368 e. The maximum absolute atomic E-state index is 12.2. The molecule has 1 atom stereocenters. The van der Waals surface area contributed by atoms with Gasteiger partial charge in [-0.3, -0.25) is 0 Å². The van der Waals surface area contributed by atoms with Crippen LogP contribution in [0, 0.1) is 6.92 Å². The molecule has 94 valence electrons. The highest BCUT2D eigenvalue weighted by molar-refractivity contribution is 7.91. The highest BCUT2D eigenvalue weighted by atomic mass is 32.2. The lowest BCUT2D eigenvalue weighted by Crippen LogP contribution is -2.47. The Bertz CT molecular complexity index is 525. The Morgan fingerprint density at radius 2 is 2.18 bits per heavy atom. The highest BCUT2D eigenvalue weighted by Gasteiger charge is 2.33. The van der Waals surface area contributed by atoms with Gasteiger partial charge in [0.2, 0.25) is 0 Å². The summed E-state index contributed by atoms with van der Waals surface area (Å²) in [5.74, 6) is 0.181. The van der Waals surface area contributed by atoms with Gasteiger partial charge in [0.1, 0.15) is 0 Å². The Morgan fingerprint density at radius 3 is 2.82 bits per heavy atom. The quantitative estimate of drug-likeness (QED) is 0.848. The van der Waals surface area contributed by atoms with Gasteiger partial charge in [-0.1, -0.05) is 6.07 Å². The molecule has 0 aromatic heterocycles. The molecule has 4 nitrogen and oxygen atoms in total. The summed E-state index contributed by atoms with van der Waals surface area (Å²) in [6.07, 6.45) is 0. The molecule has 0 amide bonds. The van der Waals surface area contributed by atoms with Crippen LogP contribution in [0.1, 0.15) is 5.56 Å². The van der Waals surface area contributed by atoms with Crippen LogP contribution in [0.15, 0.2) is 23.1 Å². The predicted molar refractivity (Wildman–Crippen MR) is 69.3 cm³/mol. The molecule has 17 heavy (non-hydrogen) atoms. The van der Waals surface area contributed by atoms with Gasteiger partial charge in [0.05, 0.1) is 22.4 Å². The molecule has 1 aliphatic heterocycles. The van der Waals surface area contributed by atoms with Crippen LogP contribution in [0.25, 0.3) is 0 Å². The number of rotatable bonds is 2. The van der Waals surface area contributed by atoms with Gasteiger partial charge in [0.25, 0.3) is 0 Å². The van der Waals surface area contributed by atoms with Crippen molar-refractivity contribution in [2.45, 2.75) is 17.9 Å². The van der Waals surface area contributed by atoms with Gasteiger partial charge in [-0.25, -0.2) is 8.42 Å². The zero-order chi connectivity index (χ0) is 12.6. The van der Waals surface area contributed by atoms with Gasteiger partial charge >= 0.3 is 0 Å². The number of benzene rings is 1. The first-order valence-electron chi connectivity index (χ1n) is 5.66. The second-order valence-corrected chi connectivity index (χ2v) is 6.58. The summed E-state index contributed by atoms with van der Waals surface area (Å²) < 4.78 is 24.3. The number of nitrogens with zero attached hydrogens (tertiary/aromatic N) is 1. The van der Waals surface area contributed by atoms with E-state index in [1.807, 2.05) is 33.2 Å². The van der Waals surface area contributed by atoms with Crippen LogP contribution in [0.4, 0.5) is 5.69 Å². The Hall–Kier alpha value is -1.07.